The van der Waals surface area contributed by atoms with Crippen molar-refractivity contribution < 1.29 is 5.11 Å². The standard InChI is InChI=1S/C15H23N5O/c1-4-8-19(9-10-21)11-14-16-17-18-20(14)15-12(2)6-5-7-13(15)3/h5-7,21H,4,8-11H2,1-3H3. The molecule has 114 valence electrons. The van der Waals surface area contributed by atoms with Crippen molar-refractivity contribution in [1.29, 1.82) is 0 Å². The highest BCUT2D eigenvalue weighted by Crippen LogP contribution is 2.19. The van der Waals surface area contributed by atoms with E-state index in [9.17, 15) is 0 Å². The number of aliphatic hydroxyl groups excluding tert-OH is 1. The van der Waals surface area contributed by atoms with E-state index in [2.05, 4.69) is 53.3 Å². The Balaban J connectivity index is 2.30. The monoisotopic (exact) mass is 289 g/mol. The highest BCUT2D eigenvalue weighted by Gasteiger charge is 2.15. The van der Waals surface area contributed by atoms with Gasteiger partial charge in [0.25, 0.3) is 0 Å². The molecule has 2 aromatic rings. The first-order valence-electron chi connectivity index (χ1n) is 7.34. The second-order valence-electron chi connectivity index (χ2n) is 5.25. The van der Waals surface area contributed by atoms with Crippen LogP contribution in [0, 0.1) is 13.8 Å². The smallest absolute Gasteiger partial charge is 0.170 e. The van der Waals surface area contributed by atoms with Gasteiger partial charge in [-0.2, -0.15) is 4.68 Å². The van der Waals surface area contributed by atoms with Gasteiger partial charge in [-0.3, -0.25) is 4.90 Å². The summed E-state index contributed by atoms with van der Waals surface area (Å²) in [5, 5.41) is 21.3. The van der Waals surface area contributed by atoms with E-state index in [1.807, 2.05) is 10.7 Å². The van der Waals surface area contributed by atoms with Gasteiger partial charge in [-0.1, -0.05) is 25.1 Å². The number of aryl methyl sites for hydroxylation is 2. The van der Waals surface area contributed by atoms with Gasteiger partial charge < -0.3 is 5.11 Å². The molecule has 0 fully saturated rings. The van der Waals surface area contributed by atoms with Gasteiger partial charge in [0.2, 0.25) is 0 Å². The SMILES string of the molecule is CCCN(CCO)Cc1nnnn1-c1c(C)cccc1C. The maximum absolute atomic E-state index is 9.17. The summed E-state index contributed by atoms with van der Waals surface area (Å²) in [6.45, 7) is 8.57. The summed E-state index contributed by atoms with van der Waals surface area (Å²) in [7, 11) is 0. The van der Waals surface area contributed by atoms with Gasteiger partial charge in [-0.05, 0) is 48.4 Å². The molecule has 0 amide bonds. The summed E-state index contributed by atoms with van der Waals surface area (Å²) >= 11 is 0. The van der Waals surface area contributed by atoms with E-state index in [0.29, 0.717) is 13.1 Å². The van der Waals surface area contributed by atoms with Gasteiger partial charge in [0.05, 0.1) is 18.8 Å². The van der Waals surface area contributed by atoms with E-state index in [1.165, 1.54) is 0 Å². The molecule has 0 unspecified atom stereocenters. The van der Waals surface area contributed by atoms with E-state index < -0.39 is 0 Å². The van der Waals surface area contributed by atoms with E-state index in [4.69, 9.17) is 5.11 Å². The van der Waals surface area contributed by atoms with E-state index >= 15 is 0 Å². The Bertz CT molecular complexity index is 555. The molecule has 0 spiro atoms. The van der Waals surface area contributed by atoms with Crippen molar-refractivity contribution in [2.45, 2.75) is 33.7 Å². The Morgan fingerprint density at radius 2 is 1.90 bits per heavy atom. The molecule has 0 saturated carbocycles. The van der Waals surface area contributed by atoms with Crippen molar-refractivity contribution in [3.05, 3.63) is 35.2 Å². The van der Waals surface area contributed by atoms with Crippen LogP contribution in [0.5, 0.6) is 0 Å². The zero-order chi connectivity index (χ0) is 15.2. The van der Waals surface area contributed by atoms with Crippen LogP contribution in [0.25, 0.3) is 5.69 Å². The van der Waals surface area contributed by atoms with Crippen molar-refractivity contribution in [3.63, 3.8) is 0 Å². The third-order valence-corrected chi connectivity index (χ3v) is 3.51. The zero-order valence-electron chi connectivity index (χ0n) is 13.0. The lowest BCUT2D eigenvalue weighted by molar-refractivity contribution is 0.186. The predicted octanol–water partition coefficient (Wildman–Crippen LogP) is 1.48. The lowest BCUT2D eigenvalue weighted by atomic mass is 10.1. The molecule has 0 saturated heterocycles. The topological polar surface area (TPSA) is 67.1 Å². The number of aliphatic hydroxyl groups is 1. The molecule has 0 aliphatic heterocycles. The van der Waals surface area contributed by atoms with Gasteiger partial charge in [-0.25, -0.2) is 0 Å². The highest BCUT2D eigenvalue weighted by molar-refractivity contribution is 5.46. The van der Waals surface area contributed by atoms with Crippen molar-refractivity contribution in [1.82, 2.24) is 25.1 Å². The third-order valence-electron chi connectivity index (χ3n) is 3.51. The van der Waals surface area contributed by atoms with Crippen LogP contribution in [-0.4, -0.2) is 49.9 Å². The number of tetrazole rings is 1. The number of aromatic nitrogens is 4. The summed E-state index contributed by atoms with van der Waals surface area (Å²) in [5.41, 5.74) is 3.33. The van der Waals surface area contributed by atoms with Crippen molar-refractivity contribution in [3.8, 4) is 5.69 Å². The fraction of sp³-hybridized carbons (Fsp3) is 0.533. The molecular formula is C15H23N5O. The summed E-state index contributed by atoms with van der Waals surface area (Å²) in [5.74, 6) is 0.800. The van der Waals surface area contributed by atoms with Crippen LogP contribution < -0.4 is 0 Å². The molecule has 1 aromatic carbocycles. The quantitative estimate of drug-likeness (QED) is 0.836. The number of rotatable bonds is 7. The minimum absolute atomic E-state index is 0.144. The minimum Gasteiger partial charge on any atom is -0.395 e. The van der Waals surface area contributed by atoms with Gasteiger partial charge >= 0.3 is 0 Å². The molecule has 1 heterocycles. The van der Waals surface area contributed by atoms with Crippen LogP contribution in [-0.2, 0) is 6.54 Å². The summed E-state index contributed by atoms with van der Waals surface area (Å²) in [4.78, 5) is 2.16. The summed E-state index contributed by atoms with van der Waals surface area (Å²) in [6, 6.07) is 6.16. The van der Waals surface area contributed by atoms with Gasteiger partial charge in [0.15, 0.2) is 5.82 Å². The molecule has 0 radical (unpaired) electrons. The Morgan fingerprint density at radius 3 is 2.52 bits per heavy atom. The predicted molar refractivity (Wildman–Crippen MR) is 81.3 cm³/mol. The molecule has 0 aliphatic carbocycles. The largest absolute Gasteiger partial charge is 0.395 e. The highest BCUT2D eigenvalue weighted by atomic mass is 16.3. The Kier molecular flexibility index (Phi) is 5.41. The molecule has 2 rings (SSSR count). The zero-order valence-corrected chi connectivity index (χ0v) is 13.0. The molecule has 0 aliphatic rings. The van der Waals surface area contributed by atoms with E-state index in [0.717, 1.165) is 35.6 Å². The number of benzene rings is 1. The van der Waals surface area contributed by atoms with Crippen LogP contribution in [0.4, 0.5) is 0 Å². The molecule has 6 heteroatoms. The van der Waals surface area contributed by atoms with E-state index in [-0.39, 0.29) is 6.61 Å². The maximum atomic E-state index is 9.17. The lowest BCUT2D eigenvalue weighted by Gasteiger charge is -2.20. The molecule has 6 nitrogen and oxygen atoms in total. The normalized spacial score (nSPS) is 11.3. The van der Waals surface area contributed by atoms with Crippen LogP contribution >= 0.6 is 0 Å². The average Bonchev–Trinajstić information content (AvgIpc) is 2.87. The Morgan fingerprint density at radius 1 is 1.19 bits per heavy atom. The third kappa shape index (κ3) is 3.65. The van der Waals surface area contributed by atoms with Crippen LogP contribution in [0.1, 0.15) is 30.3 Å². The molecule has 0 atom stereocenters. The van der Waals surface area contributed by atoms with Gasteiger partial charge in [0, 0.05) is 6.54 Å². The molecule has 21 heavy (non-hydrogen) atoms. The van der Waals surface area contributed by atoms with Crippen molar-refractivity contribution >= 4 is 0 Å². The molecular weight excluding hydrogens is 266 g/mol. The molecule has 0 bridgehead atoms. The number of nitrogens with zero attached hydrogens (tertiary/aromatic N) is 5. The maximum Gasteiger partial charge on any atom is 0.170 e. The van der Waals surface area contributed by atoms with Crippen LogP contribution in [0.3, 0.4) is 0 Å². The fourth-order valence-corrected chi connectivity index (χ4v) is 2.55. The minimum atomic E-state index is 0.144. The van der Waals surface area contributed by atoms with Crippen molar-refractivity contribution in [2.75, 3.05) is 19.7 Å². The van der Waals surface area contributed by atoms with Gasteiger partial charge in [-0.15, -0.1) is 5.10 Å². The molecule has 1 N–H and O–H groups in total. The van der Waals surface area contributed by atoms with E-state index in [1.54, 1.807) is 0 Å². The average molecular weight is 289 g/mol. The first kappa shape index (κ1) is 15.6. The van der Waals surface area contributed by atoms with Crippen molar-refractivity contribution in [2.24, 2.45) is 0 Å². The lowest BCUT2D eigenvalue weighted by Crippen LogP contribution is -2.29. The fourth-order valence-electron chi connectivity index (χ4n) is 2.55. The molecule has 1 aromatic heterocycles. The summed E-state index contributed by atoms with van der Waals surface area (Å²) in [6.07, 6.45) is 1.03. The number of para-hydroxylation sites is 1. The second kappa shape index (κ2) is 7.28. The number of hydrogen-bond donors (Lipinski definition) is 1. The van der Waals surface area contributed by atoms with Gasteiger partial charge in [0.1, 0.15) is 0 Å². The summed E-state index contributed by atoms with van der Waals surface area (Å²) < 4.78 is 1.81. The van der Waals surface area contributed by atoms with Crippen LogP contribution in [0.2, 0.25) is 0 Å². The Labute approximate surface area is 125 Å². The van der Waals surface area contributed by atoms with Crippen LogP contribution in [0.15, 0.2) is 18.2 Å². The number of hydrogen-bond acceptors (Lipinski definition) is 5. The second-order valence-corrected chi connectivity index (χ2v) is 5.25. The first-order valence-corrected chi connectivity index (χ1v) is 7.34. The first-order chi connectivity index (χ1) is 10.2. The Hall–Kier alpha value is -1.79.